The van der Waals surface area contributed by atoms with Crippen LogP contribution in [0.3, 0.4) is 0 Å². The molecule has 1 fully saturated rings. The molecule has 6 heteroatoms. The Bertz CT molecular complexity index is 445. The molecule has 0 radical (unpaired) electrons. The van der Waals surface area contributed by atoms with Crippen LogP contribution in [0.5, 0.6) is 0 Å². The monoisotopic (exact) mass is 342 g/mol. The molecule has 5 nitrogen and oxygen atoms in total. The molecule has 0 aromatic heterocycles. The van der Waals surface area contributed by atoms with E-state index in [1.807, 2.05) is 23.1 Å². The summed E-state index contributed by atoms with van der Waals surface area (Å²) in [5.74, 6) is 0.619. The lowest BCUT2D eigenvalue weighted by Gasteiger charge is -2.17. The number of ether oxygens (including phenoxy) is 2. The Morgan fingerprint density at radius 1 is 1.35 bits per heavy atom. The van der Waals surface area contributed by atoms with Crippen molar-refractivity contribution in [3.05, 3.63) is 35.9 Å². The molecule has 0 aliphatic carbocycles. The summed E-state index contributed by atoms with van der Waals surface area (Å²) in [6.07, 6.45) is 1.03. The maximum absolute atomic E-state index is 12.0. The zero-order valence-electron chi connectivity index (χ0n) is 13.7. The minimum absolute atomic E-state index is 0. The van der Waals surface area contributed by atoms with Crippen molar-refractivity contribution in [3.8, 4) is 0 Å². The standard InChI is InChI=1S/C17H26N2O3.ClH/c1-21-10-8-18-11-17(20)19-9-7-16(12-19)14-22-13-15-5-3-2-4-6-15;/h2-6,16,18H,7-14H2,1H3;1H. The molecule has 1 aromatic rings. The zero-order valence-corrected chi connectivity index (χ0v) is 14.5. The third kappa shape index (κ3) is 7.31. The van der Waals surface area contributed by atoms with Gasteiger partial charge in [-0.25, -0.2) is 0 Å². The molecule has 23 heavy (non-hydrogen) atoms. The van der Waals surface area contributed by atoms with Crippen molar-refractivity contribution in [2.75, 3.05) is 46.5 Å². The van der Waals surface area contributed by atoms with Crippen LogP contribution in [0.15, 0.2) is 30.3 Å². The van der Waals surface area contributed by atoms with Crippen LogP contribution in [0.2, 0.25) is 0 Å². The highest BCUT2D eigenvalue weighted by Crippen LogP contribution is 2.17. The van der Waals surface area contributed by atoms with Gasteiger partial charge in [0, 0.05) is 32.7 Å². The van der Waals surface area contributed by atoms with Gasteiger partial charge in [0.2, 0.25) is 5.91 Å². The smallest absolute Gasteiger partial charge is 0.236 e. The minimum Gasteiger partial charge on any atom is -0.383 e. The Morgan fingerprint density at radius 3 is 2.87 bits per heavy atom. The number of amides is 1. The van der Waals surface area contributed by atoms with E-state index in [4.69, 9.17) is 9.47 Å². The van der Waals surface area contributed by atoms with E-state index in [9.17, 15) is 4.79 Å². The molecule has 1 atom stereocenters. The first-order valence-electron chi connectivity index (χ1n) is 7.88. The van der Waals surface area contributed by atoms with E-state index in [-0.39, 0.29) is 18.3 Å². The molecule has 0 saturated carbocycles. The second-order valence-corrected chi connectivity index (χ2v) is 5.66. The van der Waals surface area contributed by atoms with E-state index in [0.29, 0.717) is 32.2 Å². The summed E-state index contributed by atoms with van der Waals surface area (Å²) in [6.45, 7) is 4.73. The van der Waals surface area contributed by atoms with E-state index >= 15 is 0 Å². The molecule has 1 unspecified atom stereocenters. The first-order chi connectivity index (χ1) is 10.8. The highest BCUT2D eigenvalue weighted by molar-refractivity contribution is 5.85. The van der Waals surface area contributed by atoms with Crippen LogP contribution < -0.4 is 5.32 Å². The number of hydrogen-bond donors (Lipinski definition) is 1. The van der Waals surface area contributed by atoms with Crippen LogP contribution in [0, 0.1) is 5.92 Å². The normalized spacial score (nSPS) is 17.1. The van der Waals surface area contributed by atoms with Crippen molar-refractivity contribution < 1.29 is 14.3 Å². The average molecular weight is 343 g/mol. The van der Waals surface area contributed by atoms with Gasteiger partial charge < -0.3 is 19.7 Å². The van der Waals surface area contributed by atoms with Crippen LogP contribution in [-0.2, 0) is 20.9 Å². The fourth-order valence-electron chi connectivity index (χ4n) is 2.59. The largest absolute Gasteiger partial charge is 0.383 e. The predicted octanol–water partition coefficient (Wildman–Crippen LogP) is 1.71. The summed E-state index contributed by atoms with van der Waals surface area (Å²) in [5.41, 5.74) is 1.19. The highest BCUT2D eigenvalue weighted by Gasteiger charge is 2.25. The van der Waals surface area contributed by atoms with Gasteiger partial charge >= 0.3 is 0 Å². The SMILES string of the molecule is COCCNCC(=O)N1CCC(COCc2ccccc2)C1.Cl. The lowest BCUT2D eigenvalue weighted by atomic mass is 10.1. The number of hydrogen-bond acceptors (Lipinski definition) is 4. The van der Waals surface area contributed by atoms with Gasteiger partial charge in [-0.15, -0.1) is 12.4 Å². The number of carbonyl (C=O) groups is 1. The van der Waals surface area contributed by atoms with E-state index in [1.165, 1.54) is 5.56 Å². The van der Waals surface area contributed by atoms with Crippen molar-refractivity contribution >= 4 is 18.3 Å². The van der Waals surface area contributed by atoms with E-state index < -0.39 is 0 Å². The summed E-state index contributed by atoms with van der Waals surface area (Å²) < 4.78 is 10.7. The van der Waals surface area contributed by atoms with Gasteiger partial charge in [0.1, 0.15) is 0 Å². The number of methoxy groups -OCH3 is 1. The fourth-order valence-corrected chi connectivity index (χ4v) is 2.59. The van der Waals surface area contributed by atoms with Crippen molar-refractivity contribution in [1.29, 1.82) is 0 Å². The lowest BCUT2D eigenvalue weighted by molar-refractivity contribution is -0.129. The Hall–Kier alpha value is -1.14. The number of halogens is 1. The van der Waals surface area contributed by atoms with Gasteiger partial charge in [-0.1, -0.05) is 30.3 Å². The van der Waals surface area contributed by atoms with Gasteiger partial charge in [0.25, 0.3) is 0 Å². The topological polar surface area (TPSA) is 50.8 Å². The first kappa shape index (κ1) is 19.9. The molecule has 1 amide bonds. The van der Waals surface area contributed by atoms with E-state index in [1.54, 1.807) is 7.11 Å². The Kier molecular flexibility index (Phi) is 9.87. The first-order valence-corrected chi connectivity index (χ1v) is 7.88. The number of carbonyl (C=O) groups excluding carboxylic acids is 1. The second-order valence-electron chi connectivity index (χ2n) is 5.66. The van der Waals surface area contributed by atoms with Crippen LogP contribution in [-0.4, -0.2) is 57.3 Å². The molecule has 2 rings (SSSR count). The molecule has 1 N–H and O–H groups in total. The molecule has 1 aliphatic heterocycles. The summed E-state index contributed by atoms with van der Waals surface area (Å²) in [4.78, 5) is 14.0. The van der Waals surface area contributed by atoms with Gasteiger partial charge in [-0.3, -0.25) is 4.79 Å². The number of rotatable bonds is 9. The Labute approximate surface area is 144 Å². The third-order valence-electron chi connectivity index (χ3n) is 3.86. The molecule has 130 valence electrons. The summed E-state index contributed by atoms with van der Waals surface area (Å²) in [5, 5.41) is 3.10. The molecule has 1 aliphatic rings. The summed E-state index contributed by atoms with van der Waals surface area (Å²) in [6, 6.07) is 10.2. The van der Waals surface area contributed by atoms with Crippen LogP contribution in [0.1, 0.15) is 12.0 Å². The average Bonchev–Trinajstić information content (AvgIpc) is 3.01. The van der Waals surface area contributed by atoms with E-state index in [0.717, 1.165) is 26.1 Å². The van der Waals surface area contributed by atoms with Crippen molar-refractivity contribution in [2.45, 2.75) is 13.0 Å². The van der Waals surface area contributed by atoms with Crippen molar-refractivity contribution in [3.63, 3.8) is 0 Å². The Morgan fingerprint density at radius 2 is 2.13 bits per heavy atom. The fraction of sp³-hybridized carbons (Fsp3) is 0.588. The molecule has 1 saturated heterocycles. The quantitative estimate of drug-likeness (QED) is 0.694. The molecular weight excluding hydrogens is 316 g/mol. The van der Waals surface area contributed by atoms with Gasteiger partial charge in [-0.2, -0.15) is 0 Å². The van der Waals surface area contributed by atoms with Crippen LogP contribution in [0.4, 0.5) is 0 Å². The Balaban J connectivity index is 0.00000264. The maximum Gasteiger partial charge on any atom is 0.236 e. The van der Waals surface area contributed by atoms with Gasteiger partial charge in [0.15, 0.2) is 0 Å². The minimum atomic E-state index is 0. The molecule has 0 bridgehead atoms. The third-order valence-corrected chi connectivity index (χ3v) is 3.86. The molecule has 0 spiro atoms. The molecule has 1 aromatic carbocycles. The zero-order chi connectivity index (χ0) is 15.6. The predicted molar refractivity (Wildman–Crippen MR) is 92.8 cm³/mol. The van der Waals surface area contributed by atoms with Crippen LogP contribution in [0.25, 0.3) is 0 Å². The number of benzene rings is 1. The van der Waals surface area contributed by atoms with Crippen LogP contribution >= 0.6 is 12.4 Å². The molecular formula is C17H27ClN2O3. The van der Waals surface area contributed by atoms with Crippen molar-refractivity contribution in [2.24, 2.45) is 5.92 Å². The van der Waals surface area contributed by atoms with Gasteiger partial charge in [0.05, 0.1) is 26.4 Å². The lowest BCUT2D eigenvalue weighted by Crippen LogP contribution is -2.37. The van der Waals surface area contributed by atoms with Crippen molar-refractivity contribution in [1.82, 2.24) is 10.2 Å². The number of likely N-dealkylation sites (tertiary alicyclic amines) is 1. The summed E-state index contributed by atoms with van der Waals surface area (Å²) >= 11 is 0. The number of nitrogens with one attached hydrogen (secondary N) is 1. The summed E-state index contributed by atoms with van der Waals surface area (Å²) in [7, 11) is 1.66. The second kappa shape index (κ2) is 11.4. The van der Waals surface area contributed by atoms with E-state index in [2.05, 4.69) is 17.4 Å². The molecule has 1 heterocycles. The van der Waals surface area contributed by atoms with Gasteiger partial charge in [-0.05, 0) is 12.0 Å². The highest BCUT2D eigenvalue weighted by atomic mass is 35.5. The maximum atomic E-state index is 12.0. The number of nitrogens with zero attached hydrogens (tertiary/aromatic N) is 1.